The molecule has 0 atom stereocenters. The highest BCUT2D eigenvalue weighted by molar-refractivity contribution is 6.35. The lowest BCUT2D eigenvalue weighted by atomic mass is 10.1. The van der Waals surface area contributed by atoms with Gasteiger partial charge in [0.2, 0.25) is 0 Å². The van der Waals surface area contributed by atoms with Gasteiger partial charge in [-0.3, -0.25) is 0 Å². The van der Waals surface area contributed by atoms with Gasteiger partial charge >= 0.3 is 0 Å². The number of aromatic nitrogens is 2. The Bertz CT molecular complexity index is 576. The van der Waals surface area contributed by atoms with Crippen LogP contribution in [0.5, 0.6) is 0 Å². The quantitative estimate of drug-likeness (QED) is 0.939. The molecule has 1 aromatic carbocycles. The maximum absolute atomic E-state index is 6.20. The van der Waals surface area contributed by atoms with Crippen LogP contribution in [-0.2, 0) is 6.42 Å². The van der Waals surface area contributed by atoms with E-state index in [1.54, 1.807) is 6.07 Å². The van der Waals surface area contributed by atoms with Crippen molar-refractivity contribution in [2.75, 3.05) is 6.54 Å². The average molecular weight is 284 g/mol. The number of halogens is 2. The van der Waals surface area contributed by atoms with E-state index in [9.17, 15) is 0 Å². The number of rotatable bonds is 3. The van der Waals surface area contributed by atoms with Crippen LogP contribution >= 0.6 is 23.2 Å². The molecule has 0 fully saturated rings. The van der Waals surface area contributed by atoms with Gasteiger partial charge < -0.3 is 5.73 Å². The zero-order valence-electron chi connectivity index (χ0n) is 10.4. The second-order valence-corrected chi connectivity index (χ2v) is 5.04. The fraction of sp³-hybridized carbons (Fsp3) is 0.308. The normalized spacial score (nSPS) is 10.9. The minimum Gasteiger partial charge on any atom is -0.330 e. The average Bonchev–Trinajstić information content (AvgIpc) is 2.58. The van der Waals surface area contributed by atoms with E-state index in [4.69, 9.17) is 28.9 Å². The van der Waals surface area contributed by atoms with Crippen molar-refractivity contribution in [2.24, 2.45) is 5.73 Å². The number of hydrogen-bond donors (Lipinski definition) is 1. The van der Waals surface area contributed by atoms with Gasteiger partial charge in [-0.2, -0.15) is 5.10 Å². The molecule has 2 rings (SSSR count). The summed E-state index contributed by atoms with van der Waals surface area (Å²) in [5, 5.41) is 5.73. The van der Waals surface area contributed by atoms with Crippen LogP contribution < -0.4 is 5.73 Å². The van der Waals surface area contributed by atoms with Gasteiger partial charge in [-0.1, -0.05) is 23.2 Å². The molecule has 0 aliphatic heterocycles. The summed E-state index contributed by atoms with van der Waals surface area (Å²) in [6.07, 6.45) is 0.822. The van der Waals surface area contributed by atoms with Crippen molar-refractivity contribution in [1.29, 1.82) is 0 Å². The van der Waals surface area contributed by atoms with E-state index in [1.165, 1.54) is 5.56 Å². The van der Waals surface area contributed by atoms with E-state index < -0.39 is 0 Å². The lowest BCUT2D eigenvalue weighted by Crippen LogP contribution is -2.05. The molecule has 0 aliphatic carbocycles. The molecule has 2 aromatic rings. The van der Waals surface area contributed by atoms with Crippen molar-refractivity contribution < 1.29 is 0 Å². The summed E-state index contributed by atoms with van der Waals surface area (Å²) in [7, 11) is 0. The number of nitrogens with two attached hydrogens (primary N) is 1. The highest BCUT2D eigenvalue weighted by atomic mass is 35.5. The van der Waals surface area contributed by atoms with E-state index in [2.05, 4.69) is 5.10 Å². The summed E-state index contributed by atoms with van der Waals surface area (Å²) in [4.78, 5) is 0. The monoisotopic (exact) mass is 283 g/mol. The van der Waals surface area contributed by atoms with Crippen molar-refractivity contribution >= 4 is 23.2 Å². The van der Waals surface area contributed by atoms with Crippen LogP contribution in [0.3, 0.4) is 0 Å². The Morgan fingerprint density at radius 3 is 2.61 bits per heavy atom. The van der Waals surface area contributed by atoms with Gasteiger partial charge in [-0.05, 0) is 50.6 Å². The molecule has 0 saturated heterocycles. The maximum atomic E-state index is 6.20. The Labute approximate surface area is 117 Å². The van der Waals surface area contributed by atoms with Gasteiger partial charge in [-0.25, -0.2) is 4.68 Å². The minimum absolute atomic E-state index is 0.590. The molecule has 0 spiro atoms. The second kappa shape index (κ2) is 5.31. The van der Waals surface area contributed by atoms with Gasteiger partial charge in [0.15, 0.2) is 0 Å². The van der Waals surface area contributed by atoms with E-state index in [-0.39, 0.29) is 0 Å². The van der Waals surface area contributed by atoms with Crippen LogP contribution in [0.2, 0.25) is 10.0 Å². The first-order valence-corrected chi connectivity index (χ1v) is 6.50. The Morgan fingerprint density at radius 2 is 2.00 bits per heavy atom. The van der Waals surface area contributed by atoms with Crippen molar-refractivity contribution in [2.45, 2.75) is 20.3 Å². The highest BCUT2D eigenvalue weighted by Crippen LogP contribution is 2.26. The number of aryl methyl sites for hydroxylation is 1. The van der Waals surface area contributed by atoms with E-state index in [0.29, 0.717) is 16.6 Å². The van der Waals surface area contributed by atoms with Crippen LogP contribution in [0.1, 0.15) is 17.0 Å². The third-order valence-electron chi connectivity index (χ3n) is 2.97. The fourth-order valence-corrected chi connectivity index (χ4v) is 2.56. The molecule has 0 saturated carbocycles. The summed E-state index contributed by atoms with van der Waals surface area (Å²) in [5.74, 6) is 0. The van der Waals surface area contributed by atoms with E-state index in [1.807, 2.05) is 30.7 Å². The first kappa shape index (κ1) is 13.4. The SMILES string of the molecule is Cc1nn(-c2ccc(Cl)cc2Cl)c(C)c1CCN. The Hall–Kier alpha value is -1.03. The zero-order chi connectivity index (χ0) is 13.3. The summed E-state index contributed by atoms with van der Waals surface area (Å²) in [5.41, 5.74) is 9.70. The van der Waals surface area contributed by atoms with Gasteiger partial charge in [0.25, 0.3) is 0 Å². The molecule has 0 radical (unpaired) electrons. The lowest BCUT2D eigenvalue weighted by molar-refractivity contribution is 0.832. The Kier molecular flexibility index (Phi) is 3.95. The standard InChI is InChI=1S/C13H15Cl2N3/c1-8-11(5-6-16)9(2)18(17-8)13-4-3-10(14)7-12(13)15/h3-4,7H,5-6,16H2,1-2H3. The lowest BCUT2D eigenvalue weighted by Gasteiger charge is -2.07. The molecule has 0 unspecified atom stereocenters. The Morgan fingerprint density at radius 1 is 1.28 bits per heavy atom. The van der Waals surface area contributed by atoms with Gasteiger partial charge in [0.05, 0.1) is 16.4 Å². The summed E-state index contributed by atoms with van der Waals surface area (Å²) in [6.45, 7) is 4.62. The molecule has 0 aliphatic rings. The van der Waals surface area contributed by atoms with Gasteiger partial charge in [-0.15, -0.1) is 0 Å². The first-order chi connectivity index (χ1) is 8.54. The van der Waals surface area contributed by atoms with Crippen molar-refractivity contribution in [3.63, 3.8) is 0 Å². The van der Waals surface area contributed by atoms with Crippen molar-refractivity contribution in [3.8, 4) is 5.69 Å². The molecular formula is C13H15Cl2N3. The Balaban J connectivity index is 2.54. The molecule has 3 nitrogen and oxygen atoms in total. The molecule has 5 heteroatoms. The highest BCUT2D eigenvalue weighted by Gasteiger charge is 2.14. The second-order valence-electron chi connectivity index (χ2n) is 4.20. The predicted octanol–water partition coefficient (Wildman–Crippen LogP) is 3.30. The summed E-state index contributed by atoms with van der Waals surface area (Å²) < 4.78 is 1.85. The minimum atomic E-state index is 0.590. The van der Waals surface area contributed by atoms with Crippen LogP contribution in [0.4, 0.5) is 0 Å². The molecule has 0 bridgehead atoms. The summed E-state index contributed by atoms with van der Waals surface area (Å²) in [6, 6.07) is 5.40. The molecule has 2 N–H and O–H groups in total. The molecule has 1 aromatic heterocycles. The van der Waals surface area contributed by atoms with Crippen molar-refractivity contribution in [3.05, 3.63) is 45.2 Å². The molecule has 0 amide bonds. The fourth-order valence-electron chi connectivity index (χ4n) is 2.07. The van der Waals surface area contributed by atoms with Crippen LogP contribution in [0, 0.1) is 13.8 Å². The number of benzene rings is 1. The smallest absolute Gasteiger partial charge is 0.0836 e. The first-order valence-electron chi connectivity index (χ1n) is 5.75. The third kappa shape index (κ3) is 2.39. The largest absolute Gasteiger partial charge is 0.330 e. The van der Waals surface area contributed by atoms with Crippen molar-refractivity contribution in [1.82, 2.24) is 9.78 Å². The van der Waals surface area contributed by atoms with Crippen LogP contribution in [0.25, 0.3) is 5.69 Å². The molecule has 1 heterocycles. The molecule has 96 valence electrons. The number of nitrogens with zero attached hydrogens (tertiary/aromatic N) is 2. The van der Waals surface area contributed by atoms with Crippen LogP contribution in [0.15, 0.2) is 18.2 Å². The van der Waals surface area contributed by atoms with Crippen LogP contribution in [-0.4, -0.2) is 16.3 Å². The molecule has 18 heavy (non-hydrogen) atoms. The zero-order valence-corrected chi connectivity index (χ0v) is 11.9. The van der Waals surface area contributed by atoms with E-state index >= 15 is 0 Å². The number of hydrogen-bond acceptors (Lipinski definition) is 2. The predicted molar refractivity (Wildman–Crippen MR) is 75.8 cm³/mol. The van der Waals surface area contributed by atoms with Gasteiger partial charge in [0, 0.05) is 10.7 Å². The third-order valence-corrected chi connectivity index (χ3v) is 3.51. The maximum Gasteiger partial charge on any atom is 0.0836 e. The summed E-state index contributed by atoms with van der Waals surface area (Å²) >= 11 is 12.1. The topological polar surface area (TPSA) is 43.8 Å². The van der Waals surface area contributed by atoms with E-state index in [0.717, 1.165) is 23.5 Å². The van der Waals surface area contributed by atoms with Gasteiger partial charge in [0.1, 0.15) is 0 Å². The molecular weight excluding hydrogens is 269 g/mol.